The second kappa shape index (κ2) is 19.2. The molecule has 4 aliphatic heterocycles. The Hall–Kier alpha value is -4.85. The number of nitrogens with zero attached hydrogens (tertiary/aromatic N) is 6. The Bertz CT molecular complexity index is 2220. The number of allylic oxidation sites excluding steroid dienone is 13. The molecule has 60 heavy (non-hydrogen) atoms. The van der Waals surface area contributed by atoms with Gasteiger partial charge in [-0.1, -0.05) is 32.6 Å². The number of carbonyl (C=O) groups excluding carboxylic acids is 1. The lowest BCUT2D eigenvalue weighted by Gasteiger charge is -2.26. The van der Waals surface area contributed by atoms with Gasteiger partial charge in [-0.2, -0.15) is 0 Å². The Kier molecular flexibility index (Phi) is 14.3. The standard InChI is InChI=1S/C50H66N6O4/c1-11-35-31(4)41-29-43-36(12-2)32(5)48(52-43)38(18-14-13-15-19-46(59)60)49-33(6)37(20-21-45(58)56(24-16-22-54(7)8)25-17-23-55(9)10)50(53-49)40-28-44(57)47-30(3)34(26-39(40)47)27-42(35)51-41/h27,29,33,37,57H,11-13,15-17,19-26,28H2,1-10H3,(H,59,60)/t33-,37-/m0/s1. The molecule has 6 rings (SSSR count). The van der Waals surface area contributed by atoms with Crippen molar-refractivity contribution in [3.63, 3.8) is 0 Å². The van der Waals surface area contributed by atoms with Crippen molar-refractivity contribution < 1.29 is 19.8 Å². The van der Waals surface area contributed by atoms with Gasteiger partial charge in [0.1, 0.15) is 5.76 Å². The van der Waals surface area contributed by atoms with Crippen LogP contribution in [-0.4, -0.2) is 108 Å². The van der Waals surface area contributed by atoms with E-state index in [-0.39, 0.29) is 24.2 Å². The van der Waals surface area contributed by atoms with Crippen LogP contribution in [0.5, 0.6) is 0 Å². The Morgan fingerprint density at radius 3 is 2.08 bits per heavy atom. The molecule has 2 atom stereocenters. The third kappa shape index (κ3) is 9.38. The Balaban J connectivity index is 1.50. The fourth-order valence-corrected chi connectivity index (χ4v) is 9.64. The SMILES string of the molecule is CCC1=C(C)C2=NC1=CC1=C(C)C3=C(O)CC(=C3C1)C1=NC(=C(C#CCCCC(=O)O)C3=NC(=C2)C(CC)=C3C)[C@@H](C)[C@@H]1CCC(=O)N(CCCN(C)C)CCCN(C)C. The summed E-state index contributed by atoms with van der Waals surface area (Å²) in [5, 5.41) is 21.1. The van der Waals surface area contributed by atoms with Crippen LogP contribution >= 0.6 is 0 Å². The summed E-state index contributed by atoms with van der Waals surface area (Å²) in [5.41, 5.74) is 16.0. The number of fused-ring (bicyclic) bond motifs is 5. The Morgan fingerprint density at radius 1 is 0.800 bits per heavy atom. The van der Waals surface area contributed by atoms with Crippen LogP contribution in [0.2, 0.25) is 0 Å². The van der Waals surface area contributed by atoms with Gasteiger partial charge in [-0.25, -0.2) is 9.98 Å². The zero-order chi connectivity index (χ0) is 43.4. The van der Waals surface area contributed by atoms with E-state index in [4.69, 9.17) is 15.0 Å². The van der Waals surface area contributed by atoms with E-state index in [9.17, 15) is 19.8 Å². The number of rotatable bonds is 16. The maximum absolute atomic E-state index is 14.2. The number of amides is 1. The van der Waals surface area contributed by atoms with Gasteiger partial charge in [0, 0.05) is 61.9 Å². The molecule has 4 heterocycles. The van der Waals surface area contributed by atoms with Crippen LogP contribution in [0.3, 0.4) is 0 Å². The van der Waals surface area contributed by atoms with Crippen molar-refractivity contribution in [1.82, 2.24) is 14.7 Å². The average molecular weight is 815 g/mol. The van der Waals surface area contributed by atoms with Crippen LogP contribution in [0.4, 0.5) is 0 Å². The summed E-state index contributed by atoms with van der Waals surface area (Å²) in [6, 6.07) is 0. The molecule has 8 bridgehead atoms. The van der Waals surface area contributed by atoms with Gasteiger partial charge in [-0.15, -0.1) is 0 Å². The number of carboxylic acid groups (broad SMARTS) is 1. The maximum Gasteiger partial charge on any atom is 0.303 e. The van der Waals surface area contributed by atoms with Gasteiger partial charge in [-0.3, -0.25) is 14.6 Å². The molecule has 0 aromatic rings. The first-order chi connectivity index (χ1) is 28.6. The number of aliphatic imine (C=N–C) groups is 3. The highest BCUT2D eigenvalue weighted by Crippen LogP contribution is 2.51. The van der Waals surface area contributed by atoms with Crippen LogP contribution in [0.1, 0.15) is 112 Å². The topological polar surface area (TPSA) is 121 Å². The second-order valence-corrected chi connectivity index (χ2v) is 17.6. The molecule has 2 aliphatic carbocycles. The summed E-state index contributed by atoms with van der Waals surface area (Å²) in [5.74, 6) is 6.35. The van der Waals surface area contributed by atoms with Crippen LogP contribution in [-0.2, 0) is 9.59 Å². The van der Waals surface area contributed by atoms with E-state index in [2.05, 4.69) is 108 Å². The lowest BCUT2D eigenvalue weighted by Crippen LogP contribution is -2.36. The molecule has 0 saturated heterocycles. The maximum atomic E-state index is 14.2. The lowest BCUT2D eigenvalue weighted by atomic mass is 9.81. The first-order valence-electron chi connectivity index (χ1n) is 22.1. The van der Waals surface area contributed by atoms with Crippen LogP contribution in [0.25, 0.3) is 0 Å². The number of aliphatic hydroxyl groups excluding tert-OH is 1. The molecule has 1 amide bonds. The van der Waals surface area contributed by atoms with Gasteiger partial charge >= 0.3 is 5.97 Å². The van der Waals surface area contributed by atoms with Gasteiger partial charge < -0.3 is 24.9 Å². The number of unbranched alkanes of at least 4 members (excludes halogenated alkanes) is 1. The Morgan fingerprint density at radius 2 is 1.45 bits per heavy atom. The average Bonchev–Trinajstić information content (AvgIpc) is 3.95. The van der Waals surface area contributed by atoms with Gasteiger partial charge in [0.25, 0.3) is 0 Å². The van der Waals surface area contributed by atoms with Crippen LogP contribution in [0, 0.1) is 23.7 Å². The zero-order valence-electron chi connectivity index (χ0n) is 37.8. The lowest BCUT2D eigenvalue weighted by molar-refractivity contribution is -0.137. The third-order valence-corrected chi connectivity index (χ3v) is 13.0. The highest BCUT2D eigenvalue weighted by Gasteiger charge is 2.42. The quantitative estimate of drug-likeness (QED) is 0.119. The molecule has 10 heteroatoms. The summed E-state index contributed by atoms with van der Waals surface area (Å²) in [6.45, 7) is 16.2. The molecule has 6 aliphatic rings. The predicted molar refractivity (Wildman–Crippen MR) is 244 cm³/mol. The van der Waals surface area contributed by atoms with E-state index in [0.29, 0.717) is 44.3 Å². The van der Waals surface area contributed by atoms with Crippen molar-refractivity contribution in [1.29, 1.82) is 0 Å². The highest BCUT2D eigenvalue weighted by atomic mass is 16.4. The molecule has 0 aromatic heterocycles. The zero-order valence-corrected chi connectivity index (χ0v) is 37.8. The van der Waals surface area contributed by atoms with Crippen LogP contribution < -0.4 is 0 Å². The van der Waals surface area contributed by atoms with E-state index < -0.39 is 5.97 Å². The van der Waals surface area contributed by atoms with E-state index in [1.54, 1.807) is 0 Å². The molecule has 0 fully saturated rings. The summed E-state index contributed by atoms with van der Waals surface area (Å²) in [4.78, 5) is 48.2. The first-order valence-corrected chi connectivity index (χ1v) is 22.1. The van der Waals surface area contributed by atoms with Gasteiger partial charge in [-0.05, 0) is 164 Å². The number of aliphatic hydroxyl groups is 1. The van der Waals surface area contributed by atoms with Gasteiger partial charge in [0.15, 0.2) is 0 Å². The second-order valence-electron chi connectivity index (χ2n) is 17.6. The molecule has 0 unspecified atom stereocenters. The first kappa shape index (κ1) is 44.7. The monoisotopic (exact) mass is 815 g/mol. The smallest absolute Gasteiger partial charge is 0.303 e. The number of carbonyl (C=O) groups is 2. The summed E-state index contributed by atoms with van der Waals surface area (Å²) in [7, 11) is 8.27. The van der Waals surface area contributed by atoms with E-state index in [0.717, 1.165) is 136 Å². The fourth-order valence-electron chi connectivity index (χ4n) is 9.64. The van der Waals surface area contributed by atoms with Gasteiger partial charge in [0.2, 0.25) is 5.91 Å². The van der Waals surface area contributed by atoms with Crippen molar-refractivity contribution >= 4 is 29.0 Å². The molecule has 10 nitrogen and oxygen atoms in total. The molecule has 0 spiro atoms. The summed E-state index contributed by atoms with van der Waals surface area (Å²) in [6.07, 6.45) is 10.8. The van der Waals surface area contributed by atoms with Crippen LogP contribution in [0.15, 0.2) is 106 Å². The molecule has 320 valence electrons. The number of carboxylic acids is 1. The predicted octanol–water partition coefficient (Wildman–Crippen LogP) is 9.09. The van der Waals surface area contributed by atoms with Crippen molar-refractivity contribution in [3.05, 3.63) is 90.7 Å². The van der Waals surface area contributed by atoms with E-state index in [1.165, 1.54) is 5.57 Å². The normalized spacial score (nSPS) is 21.1. The highest BCUT2D eigenvalue weighted by molar-refractivity contribution is 6.20. The molecule has 0 aromatic carbocycles. The molecular weight excluding hydrogens is 749 g/mol. The Labute approximate surface area is 358 Å². The summed E-state index contributed by atoms with van der Waals surface area (Å²) < 4.78 is 0. The fraction of sp³-hybridized carbons (Fsp3) is 0.540. The van der Waals surface area contributed by atoms with E-state index >= 15 is 0 Å². The molecular formula is C50H66N6O4. The number of hydrogen-bond acceptors (Lipinski definition) is 8. The largest absolute Gasteiger partial charge is 0.511 e. The van der Waals surface area contributed by atoms with Crippen molar-refractivity contribution in [2.24, 2.45) is 26.8 Å². The minimum atomic E-state index is -0.833. The van der Waals surface area contributed by atoms with Gasteiger partial charge in [0.05, 0.1) is 34.1 Å². The van der Waals surface area contributed by atoms with Crippen molar-refractivity contribution in [2.75, 3.05) is 54.4 Å². The third-order valence-electron chi connectivity index (χ3n) is 13.0. The molecule has 0 saturated carbocycles. The number of hydrogen-bond donors (Lipinski definition) is 2. The van der Waals surface area contributed by atoms with E-state index in [1.807, 2.05) is 0 Å². The van der Waals surface area contributed by atoms with Crippen molar-refractivity contribution in [3.8, 4) is 11.8 Å². The number of aliphatic carboxylic acids is 1. The molecule has 0 radical (unpaired) electrons. The minimum absolute atomic E-state index is 0.0554. The summed E-state index contributed by atoms with van der Waals surface area (Å²) >= 11 is 0. The molecule has 2 N–H and O–H groups in total. The van der Waals surface area contributed by atoms with Crippen molar-refractivity contribution in [2.45, 2.75) is 112 Å². The minimum Gasteiger partial charge on any atom is -0.511 e.